The predicted molar refractivity (Wildman–Crippen MR) is 168 cm³/mol. The van der Waals surface area contributed by atoms with Crippen molar-refractivity contribution in [2.75, 3.05) is 20.1 Å². The summed E-state index contributed by atoms with van der Waals surface area (Å²) in [7, 11) is 2.09. The van der Waals surface area contributed by atoms with E-state index in [2.05, 4.69) is 46.6 Å². The molecule has 2 amide bonds. The largest absolute Gasteiger partial charge is 0.373 e. The first-order valence-corrected chi connectivity index (χ1v) is 16.5. The van der Waals surface area contributed by atoms with E-state index in [9.17, 15) is 19.8 Å². The lowest BCUT2D eigenvalue weighted by Gasteiger charge is -2.49. The van der Waals surface area contributed by atoms with Gasteiger partial charge in [0, 0.05) is 48.1 Å². The van der Waals surface area contributed by atoms with Crippen LogP contribution in [0.2, 0.25) is 0 Å². The van der Waals surface area contributed by atoms with Gasteiger partial charge < -0.3 is 35.1 Å². The van der Waals surface area contributed by atoms with Crippen molar-refractivity contribution in [2.24, 2.45) is 11.8 Å². The van der Waals surface area contributed by atoms with Crippen LogP contribution in [0.25, 0.3) is 10.9 Å². The van der Waals surface area contributed by atoms with Crippen LogP contribution in [-0.4, -0.2) is 97.8 Å². The predicted octanol–water partition coefficient (Wildman–Crippen LogP) is 2.51. The first-order chi connectivity index (χ1) is 21.6. The van der Waals surface area contributed by atoms with Crippen LogP contribution in [0.3, 0.4) is 0 Å². The lowest BCUT2D eigenvalue weighted by Crippen LogP contribution is -2.72. The van der Waals surface area contributed by atoms with Gasteiger partial charge in [0.25, 0.3) is 5.91 Å². The van der Waals surface area contributed by atoms with Gasteiger partial charge in [0.05, 0.1) is 5.92 Å². The van der Waals surface area contributed by atoms with Crippen molar-refractivity contribution in [1.29, 1.82) is 0 Å². The molecule has 8 atom stereocenters. The summed E-state index contributed by atoms with van der Waals surface area (Å²) >= 11 is 0. The van der Waals surface area contributed by atoms with Crippen molar-refractivity contribution in [2.45, 2.75) is 87.9 Å². The second kappa shape index (κ2) is 10.4. The molecule has 8 rings (SSSR count). The maximum Gasteiger partial charge on any atom is 0.254 e. The molecule has 0 radical (unpaired) electrons. The summed E-state index contributed by atoms with van der Waals surface area (Å²) in [6.45, 7) is 4.86. The number of aliphatic hydroxyl groups excluding tert-OH is 1. The number of piperidine rings is 1. The van der Waals surface area contributed by atoms with Crippen molar-refractivity contribution < 1.29 is 24.5 Å². The minimum absolute atomic E-state index is 0.130. The molecule has 0 saturated carbocycles. The fourth-order valence-corrected chi connectivity index (χ4v) is 9.20. The number of benzene rings is 2. The number of nitrogens with zero attached hydrogens (tertiary/aromatic N) is 3. The lowest BCUT2D eigenvalue weighted by atomic mass is 9.72. The molecular formula is C35H43N5O5. The summed E-state index contributed by atoms with van der Waals surface area (Å²) in [5.74, 6) is -2.86. The van der Waals surface area contributed by atoms with Crippen LogP contribution >= 0.6 is 0 Å². The van der Waals surface area contributed by atoms with Crippen molar-refractivity contribution in [3.63, 3.8) is 0 Å². The number of piperazine rings is 1. The fraction of sp³-hybridized carbons (Fsp3) is 0.543. The maximum absolute atomic E-state index is 14.3. The van der Waals surface area contributed by atoms with Gasteiger partial charge in [-0.3, -0.25) is 9.59 Å². The van der Waals surface area contributed by atoms with Crippen LogP contribution in [0, 0.1) is 11.8 Å². The second-order valence-corrected chi connectivity index (χ2v) is 14.2. The number of rotatable bonds is 5. The van der Waals surface area contributed by atoms with Gasteiger partial charge in [-0.1, -0.05) is 56.3 Å². The van der Waals surface area contributed by atoms with Gasteiger partial charge in [0.15, 0.2) is 12.0 Å². The molecule has 1 aliphatic carbocycles. The number of amides is 2. The minimum atomic E-state index is -1.95. The molecule has 2 unspecified atom stereocenters. The number of hydrogen-bond donors (Lipinski definition) is 4. The molecular weight excluding hydrogens is 570 g/mol. The van der Waals surface area contributed by atoms with Gasteiger partial charge in [-0.05, 0) is 61.9 Å². The number of aromatic nitrogens is 1. The van der Waals surface area contributed by atoms with E-state index < -0.39 is 35.9 Å². The number of carbonyl (C=O) groups excluding carboxylic acids is 2. The van der Waals surface area contributed by atoms with Gasteiger partial charge in [0.1, 0.15) is 12.1 Å². The van der Waals surface area contributed by atoms with E-state index in [1.807, 2.05) is 44.2 Å². The van der Waals surface area contributed by atoms with Crippen molar-refractivity contribution >= 4 is 22.7 Å². The first kappa shape index (κ1) is 29.1. The monoisotopic (exact) mass is 613 g/mol. The van der Waals surface area contributed by atoms with Crippen molar-refractivity contribution in [1.82, 2.24) is 25.0 Å². The molecule has 5 heterocycles. The molecule has 10 heteroatoms. The Bertz CT molecular complexity index is 1640. The number of ether oxygens (including phenoxy) is 1. The molecule has 3 aromatic rings. The van der Waals surface area contributed by atoms with Crippen LogP contribution < -0.4 is 5.32 Å². The van der Waals surface area contributed by atoms with E-state index in [1.54, 1.807) is 4.90 Å². The molecule has 238 valence electrons. The van der Waals surface area contributed by atoms with E-state index >= 15 is 0 Å². The number of likely N-dealkylation sites (N-methyl/N-ethyl adjacent to an activating group) is 1. The average molecular weight is 614 g/mol. The molecule has 0 bridgehead atoms. The number of aromatic amines is 1. The number of fused-ring (bicyclic) bond motifs is 5. The molecule has 4 aliphatic heterocycles. The normalized spacial score (nSPS) is 36.3. The Balaban J connectivity index is 1.11. The van der Waals surface area contributed by atoms with Gasteiger partial charge in [-0.25, -0.2) is 4.90 Å². The standard InChI is InChI=1S/C35H43N5O5/c1-20(2)34(37-31(41)23-16-25-24-11-7-12-26-30(24)22(18-36-26)17-27(25)38(3)19-23)33(43)40-28(15-21-9-5-4-6-10-21)32(42)39-14-8-13-29(39)35(40,44)45-34/h4-7,9-12,18,20,23,25,27-29,33,36,43-44H,8,13-17,19H2,1-3H3,(H,37,41)/t23-,25?,27-,28-,29-,33?,34+,35-/m0/s1. The summed E-state index contributed by atoms with van der Waals surface area (Å²) < 4.78 is 6.61. The molecule has 0 spiro atoms. The molecule has 2 aromatic carbocycles. The maximum atomic E-state index is 14.3. The second-order valence-electron chi connectivity index (χ2n) is 14.2. The van der Waals surface area contributed by atoms with Gasteiger partial charge in [-0.2, -0.15) is 0 Å². The molecule has 10 nitrogen and oxygen atoms in total. The Morgan fingerprint density at radius 3 is 2.76 bits per heavy atom. The van der Waals surface area contributed by atoms with E-state index in [0.29, 0.717) is 38.4 Å². The Labute approximate surface area is 263 Å². The SMILES string of the molecule is CC(C)[C@@]1(NC(=O)[C@H]2CC3c4cccc5[nH]cc(c45)C[C@@H]3N(C)C2)O[C@@]2(O)[C@@H]3CCCN3C(=O)[C@H](Cc3ccccc3)N2C1O. The zero-order chi connectivity index (χ0) is 31.2. The Kier molecular flexibility index (Phi) is 6.71. The highest BCUT2D eigenvalue weighted by atomic mass is 16.7. The number of hydrogen-bond acceptors (Lipinski definition) is 7. The van der Waals surface area contributed by atoms with Gasteiger partial charge in [-0.15, -0.1) is 0 Å². The molecule has 4 fully saturated rings. The number of nitrogens with one attached hydrogen (secondary N) is 2. The Hall–Kier alpha value is -3.28. The van der Waals surface area contributed by atoms with Crippen LogP contribution in [0.15, 0.2) is 54.7 Å². The highest BCUT2D eigenvalue weighted by Crippen LogP contribution is 2.50. The number of likely N-dealkylation sites (tertiary alicyclic amines) is 1. The third kappa shape index (κ3) is 4.19. The van der Waals surface area contributed by atoms with Crippen LogP contribution in [0.5, 0.6) is 0 Å². The van der Waals surface area contributed by atoms with E-state index in [0.717, 1.165) is 23.9 Å². The highest BCUT2D eigenvalue weighted by molar-refractivity contribution is 5.89. The quantitative estimate of drug-likeness (QED) is 0.349. The summed E-state index contributed by atoms with van der Waals surface area (Å²) in [4.78, 5) is 37.1. The van der Waals surface area contributed by atoms with Crippen LogP contribution in [-0.2, 0) is 27.2 Å². The topological polar surface area (TPSA) is 121 Å². The summed E-state index contributed by atoms with van der Waals surface area (Å²) in [5.41, 5.74) is 3.03. The average Bonchev–Trinajstić information content (AvgIpc) is 3.74. The minimum Gasteiger partial charge on any atom is -0.373 e. The van der Waals surface area contributed by atoms with Gasteiger partial charge >= 0.3 is 0 Å². The highest BCUT2D eigenvalue weighted by Gasteiger charge is 2.71. The summed E-state index contributed by atoms with van der Waals surface area (Å²) in [6, 6.07) is 14.8. The Morgan fingerprint density at radius 2 is 1.98 bits per heavy atom. The number of aliphatic hydroxyl groups is 2. The molecule has 1 aromatic heterocycles. The first-order valence-electron chi connectivity index (χ1n) is 16.5. The summed E-state index contributed by atoms with van der Waals surface area (Å²) in [6.07, 6.45) is 3.87. The zero-order valence-electron chi connectivity index (χ0n) is 26.1. The van der Waals surface area contributed by atoms with E-state index in [1.165, 1.54) is 21.4 Å². The molecule has 5 aliphatic rings. The zero-order valence-corrected chi connectivity index (χ0v) is 26.1. The van der Waals surface area contributed by atoms with E-state index in [4.69, 9.17) is 4.74 Å². The number of H-pyrrole nitrogens is 1. The van der Waals surface area contributed by atoms with Gasteiger partial charge in [0.2, 0.25) is 11.8 Å². The smallest absolute Gasteiger partial charge is 0.254 e. The van der Waals surface area contributed by atoms with Crippen LogP contribution in [0.1, 0.15) is 55.7 Å². The summed E-state index contributed by atoms with van der Waals surface area (Å²) in [5, 5.41) is 29.0. The van der Waals surface area contributed by atoms with E-state index in [-0.39, 0.29) is 23.7 Å². The van der Waals surface area contributed by atoms with Crippen molar-refractivity contribution in [3.8, 4) is 0 Å². The molecule has 4 N–H and O–H groups in total. The third-order valence-corrected chi connectivity index (χ3v) is 11.5. The number of carbonyl (C=O) groups is 2. The fourth-order valence-electron chi connectivity index (χ4n) is 9.20. The van der Waals surface area contributed by atoms with Crippen molar-refractivity contribution in [3.05, 3.63) is 71.4 Å². The molecule has 4 saturated heterocycles. The third-order valence-electron chi connectivity index (χ3n) is 11.5. The Morgan fingerprint density at radius 1 is 1.18 bits per heavy atom. The van der Waals surface area contributed by atoms with Crippen LogP contribution in [0.4, 0.5) is 0 Å². The lowest BCUT2D eigenvalue weighted by molar-refractivity contribution is -0.323. The molecule has 45 heavy (non-hydrogen) atoms.